The maximum atomic E-state index is 13.2. The van der Waals surface area contributed by atoms with Crippen molar-refractivity contribution >= 4 is 16.9 Å². The van der Waals surface area contributed by atoms with Gasteiger partial charge in [0.15, 0.2) is 0 Å². The van der Waals surface area contributed by atoms with Crippen molar-refractivity contribution in [3.63, 3.8) is 0 Å². The number of methoxy groups -OCH3 is 3. The number of carbonyl (C=O) groups excluding carboxylic acids is 1. The van der Waals surface area contributed by atoms with Crippen LogP contribution in [0.25, 0.3) is 22.0 Å². The van der Waals surface area contributed by atoms with Crippen LogP contribution in [0.2, 0.25) is 0 Å². The number of pyridine rings is 1. The van der Waals surface area contributed by atoms with Gasteiger partial charge < -0.3 is 18.8 Å². The highest BCUT2D eigenvalue weighted by molar-refractivity contribution is 5.95. The van der Waals surface area contributed by atoms with Gasteiger partial charge in [-0.05, 0) is 53.1 Å². The maximum absolute atomic E-state index is 13.2. The number of rotatable bonds is 6. The van der Waals surface area contributed by atoms with Crippen LogP contribution >= 0.6 is 0 Å². The molecule has 0 spiro atoms. The number of aromatic nitrogens is 1. The van der Waals surface area contributed by atoms with E-state index in [-0.39, 0.29) is 5.56 Å². The molecule has 6 nitrogen and oxygen atoms in total. The lowest BCUT2D eigenvalue weighted by Crippen LogP contribution is -2.21. The first kappa shape index (κ1) is 21.2. The fourth-order valence-electron chi connectivity index (χ4n) is 3.73. The van der Waals surface area contributed by atoms with Gasteiger partial charge in [-0.25, -0.2) is 4.79 Å². The Balaban J connectivity index is 1.85. The third-order valence-electron chi connectivity index (χ3n) is 5.42. The van der Waals surface area contributed by atoms with E-state index in [1.807, 2.05) is 54.6 Å². The summed E-state index contributed by atoms with van der Waals surface area (Å²) in [4.78, 5) is 24.9. The molecule has 0 N–H and O–H groups in total. The van der Waals surface area contributed by atoms with Gasteiger partial charge in [-0.2, -0.15) is 0 Å². The van der Waals surface area contributed by atoms with Crippen molar-refractivity contribution < 1.29 is 19.0 Å². The normalized spacial score (nSPS) is 10.7. The summed E-state index contributed by atoms with van der Waals surface area (Å²) >= 11 is 0. The fourth-order valence-corrected chi connectivity index (χ4v) is 3.73. The van der Waals surface area contributed by atoms with Gasteiger partial charge in [-0.1, -0.05) is 24.3 Å². The van der Waals surface area contributed by atoms with Gasteiger partial charge in [-0.15, -0.1) is 0 Å². The van der Waals surface area contributed by atoms with Crippen LogP contribution in [0.3, 0.4) is 0 Å². The van der Waals surface area contributed by atoms with Crippen LogP contribution in [0.4, 0.5) is 0 Å². The lowest BCUT2D eigenvalue weighted by molar-refractivity contribution is 0.0600. The largest absolute Gasteiger partial charge is 0.497 e. The molecule has 6 heteroatoms. The Hall–Kier alpha value is -4.06. The van der Waals surface area contributed by atoms with Gasteiger partial charge in [-0.3, -0.25) is 4.79 Å². The van der Waals surface area contributed by atoms with Crippen molar-refractivity contribution in [1.82, 2.24) is 4.57 Å². The highest BCUT2D eigenvalue weighted by Crippen LogP contribution is 2.31. The summed E-state index contributed by atoms with van der Waals surface area (Å²) in [6, 6.07) is 22.0. The second-order valence-corrected chi connectivity index (χ2v) is 7.29. The Morgan fingerprint density at radius 1 is 0.844 bits per heavy atom. The third kappa shape index (κ3) is 4.07. The minimum absolute atomic E-state index is 0.138. The standard InChI is InChI=1S/C26H23NO5/c1-30-20-6-4-5-19(13-20)23-15-25(28)27(24-14-21(31-2)11-12-22(23)24)16-17-7-9-18(10-8-17)26(29)32-3/h4-15H,16H2,1-3H3. The summed E-state index contributed by atoms with van der Waals surface area (Å²) in [6.45, 7) is 0.350. The molecule has 3 aromatic carbocycles. The van der Waals surface area contributed by atoms with Crippen molar-refractivity contribution in [1.29, 1.82) is 0 Å². The summed E-state index contributed by atoms with van der Waals surface area (Å²) < 4.78 is 17.2. The molecule has 0 atom stereocenters. The van der Waals surface area contributed by atoms with E-state index >= 15 is 0 Å². The molecule has 1 heterocycles. The van der Waals surface area contributed by atoms with Crippen LogP contribution in [0.1, 0.15) is 15.9 Å². The smallest absolute Gasteiger partial charge is 0.337 e. The zero-order valence-electron chi connectivity index (χ0n) is 18.1. The summed E-state index contributed by atoms with van der Waals surface area (Å²) in [7, 11) is 4.56. The Labute approximate surface area is 185 Å². The summed E-state index contributed by atoms with van der Waals surface area (Å²) in [6.07, 6.45) is 0. The minimum atomic E-state index is -0.397. The lowest BCUT2D eigenvalue weighted by atomic mass is 10.00. The topological polar surface area (TPSA) is 66.8 Å². The zero-order chi connectivity index (χ0) is 22.7. The highest BCUT2D eigenvalue weighted by Gasteiger charge is 2.13. The van der Waals surface area contributed by atoms with Crippen molar-refractivity contribution in [3.05, 3.63) is 94.3 Å². The van der Waals surface area contributed by atoms with Gasteiger partial charge in [0, 0.05) is 17.5 Å². The van der Waals surface area contributed by atoms with E-state index in [0.717, 1.165) is 33.3 Å². The molecule has 4 aromatic rings. The zero-order valence-corrected chi connectivity index (χ0v) is 18.1. The molecule has 32 heavy (non-hydrogen) atoms. The number of hydrogen-bond acceptors (Lipinski definition) is 5. The van der Waals surface area contributed by atoms with Crippen LogP contribution in [0, 0.1) is 0 Å². The van der Waals surface area contributed by atoms with E-state index in [0.29, 0.717) is 17.9 Å². The first-order valence-electron chi connectivity index (χ1n) is 10.1. The van der Waals surface area contributed by atoms with Crippen LogP contribution < -0.4 is 15.0 Å². The molecule has 0 aliphatic heterocycles. The summed E-state index contributed by atoms with van der Waals surface area (Å²) in [5, 5.41) is 0.921. The Bertz CT molecular complexity index is 1340. The predicted molar refractivity (Wildman–Crippen MR) is 124 cm³/mol. The van der Waals surface area contributed by atoms with Crippen molar-refractivity contribution in [2.24, 2.45) is 0 Å². The summed E-state index contributed by atoms with van der Waals surface area (Å²) in [5.74, 6) is 0.986. The molecule has 162 valence electrons. The lowest BCUT2D eigenvalue weighted by Gasteiger charge is -2.15. The maximum Gasteiger partial charge on any atom is 0.337 e. The average molecular weight is 429 g/mol. The second-order valence-electron chi connectivity index (χ2n) is 7.29. The number of esters is 1. The SMILES string of the molecule is COC(=O)c1ccc(Cn2c(=O)cc(-c3cccc(OC)c3)c3ccc(OC)cc32)cc1. The first-order chi connectivity index (χ1) is 15.5. The number of fused-ring (bicyclic) bond motifs is 1. The average Bonchev–Trinajstić information content (AvgIpc) is 2.85. The summed E-state index contributed by atoms with van der Waals surface area (Å²) in [5.41, 5.74) is 3.68. The van der Waals surface area contributed by atoms with Crippen LogP contribution in [-0.2, 0) is 11.3 Å². The van der Waals surface area contributed by atoms with Gasteiger partial charge in [0.25, 0.3) is 5.56 Å². The minimum Gasteiger partial charge on any atom is -0.497 e. The monoisotopic (exact) mass is 429 g/mol. The Morgan fingerprint density at radius 2 is 1.56 bits per heavy atom. The molecule has 0 radical (unpaired) electrons. The van der Waals surface area contributed by atoms with Crippen LogP contribution in [0.5, 0.6) is 11.5 Å². The van der Waals surface area contributed by atoms with Gasteiger partial charge in [0.2, 0.25) is 0 Å². The van der Waals surface area contributed by atoms with Crippen molar-refractivity contribution in [2.45, 2.75) is 6.54 Å². The molecular weight excluding hydrogens is 406 g/mol. The quantitative estimate of drug-likeness (QED) is 0.422. The van der Waals surface area contributed by atoms with E-state index < -0.39 is 5.97 Å². The van der Waals surface area contributed by atoms with E-state index in [1.54, 1.807) is 37.0 Å². The van der Waals surface area contributed by atoms with Crippen LogP contribution in [-0.4, -0.2) is 31.9 Å². The third-order valence-corrected chi connectivity index (χ3v) is 5.42. The van der Waals surface area contributed by atoms with Gasteiger partial charge in [0.05, 0.1) is 39.0 Å². The molecule has 0 aliphatic rings. The first-order valence-corrected chi connectivity index (χ1v) is 10.1. The number of nitrogens with zero attached hydrogens (tertiary/aromatic N) is 1. The number of carbonyl (C=O) groups is 1. The molecule has 0 unspecified atom stereocenters. The molecule has 0 aliphatic carbocycles. The van der Waals surface area contributed by atoms with Gasteiger partial charge in [0.1, 0.15) is 11.5 Å². The molecule has 0 fully saturated rings. The molecule has 0 bridgehead atoms. The molecule has 0 saturated heterocycles. The Morgan fingerprint density at radius 3 is 2.25 bits per heavy atom. The molecule has 4 rings (SSSR count). The highest BCUT2D eigenvalue weighted by atomic mass is 16.5. The van der Waals surface area contributed by atoms with Crippen molar-refractivity contribution in [3.8, 4) is 22.6 Å². The van der Waals surface area contributed by atoms with E-state index in [2.05, 4.69) is 0 Å². The van der Waals surface area contributed by atoms with E-state index in [4.69, 9.17) is 14.2 Å². The van der Waals surface area contributed by atoms with E-state index in [1.165, 1.54) is 7.11 Å². The number of hydrogen-bond donors (Lipinski definition) is 0. The molecule has 0 saturated carbocycles. The number of ether oxygens (including phenoxy) is 3. The Kier molecular flexibility index (Phi) is 5.94. The second kappa shape index (κ2) is 8.98. The molecule has 0 amide bonds. The predicted octanol–water partition coefficient (Wildman–Crippen LogP) is 4.52. The fraction of sp³-hybridized carbons (Fsp3) is 0.154. The molecule has 1 aromatic heterocycles. The van der Waals surface area contributed by atoms with Crippen molar-refractivity contribution in [2.75, 3.05) is 21.3 Å². The van der Waals surface area contributed by atoms with Crippen LogP contribution in [0.15, 0.2) is 77.6 Å². The molecular formula is C26H23NO5. The van der Waals surface area contributed by atoms with E-state index in [9.17, 15) is 9.59 Å². The van der Waals surface area contributed by atoms with Gasteiger partial charge >= 0.3 is 5.97 Å². The number of benzene rings is 3.